The number of hydrogen-bond acceptors (Lipinski definition) is 5. The number of anilines is 1. The van der Waals surface area contributed by atoms with Crippen molar-refractivity contribution in [2.45, 2.75) is 56.0 Å². The molecule has 6 atom stereocenters. The van der Waals surface area contributed by atoms with Crippen molar-refractivity contribution < 1.29 is 24.2 Å². The Morgan fingerprint density at radius 2 is 1.57 bits per heavy atom. The smallest absolute Gasteiger partial charge is 0.253 e. The van der Waals surface area contributed by atoms with Crippen molar-refractivity contribution in [3.63, 3.8) is 0 Å². The number of ether oxygens (including phenoxy) is 1. The van der Waals surface area contributed by atoms with E-state index in [9.17, 15) is 9.90 Å². The average Bonchev–Trinajstić information content (AvgIpc) is 3.78. The van der Waals surface area contributed by atoms with Crippen LogP contribution in [-0.4, -0.2) is 69.6 Å². The molecule has 7 rings (SSSR count). The third-order valence-electron chi connectivity index (χ3n) is 11.3. The molecule has 0 aromatic heterocycles. The topological polar surface area (TPSA) is 90.4 Å². The Bertz CT molecular complexity index is 1950. The number of hydrogen-bond donors (Lipinski definition) is 1. The Morgan fingerprint density at radius 3 is 2.24 bits per heavy atom. The van der Waals surface area contributed by atoms with Crippen LogP contribution in [0.4, 0.5) is 5.69 Å². The van der Waals surface area contributed by atoms with Gasteiger partial charge in [0.1, 0.15) is 11.6 Å². The van der Waals surface area contributed by atoms with Gasteiger partial charge in [0.25, 0.3) is 5.91 Å². The molecule has 0 radical (unpaired) electrons. The summed E-state index contributed by atoms with van der Waals surface area (Å²) in [5.41, 5.74) is 0.116. The molecule has 8 heteroatoms. The first-order valence-corrected chi connectivity index (χ1v) is 17.8. The van der Waals surface area contributed by atoms with E-state index in [1.165, 1.54) is 0 Å². The number of aliphatic hydroxyl groups is 1. The molecule has 2 bridgehead atoms. The van der Waals surface area contributed by atoms with E-state index in [1.807, 2.05) is 110 Å². The van der Waals surface area contributed by atoms with Crippen LogP contribution in [-0.2, 0) is 25.7 Å². The zero-order chi connectivity index (χ0) is 35.8. The number of carbonyl (C=O) groups is 3. The molecule has 0 aliphatic carbocycles. The summed E-state index contributed by atoms with van der Waals surface area (Å²) in [5, 5.41) is 13.0. The van der Waals surface area contributed by atoms with E-state index in [1.54, 1.807) is 26.9 Å². The summed E-state index contributed by atoms with van der Waals surface area (Å²) in [5.74, 6) is -2.61. The fourth-order valence-corrected chi connectivity index (χ4v) is 9.01. The summed E-state index contributed by atoms with van der Waals surface area (Å²) in [6.07, 6.45) is 4.84. The zero-order valence-electron chi connectivity index (χ0n) is 29.1. The number of benzene rings is 4. The predicted octanol–water partition coefficient (Wildman–Crippen LogP) is 6.46. The highest BCUT2D eigenvalue weighted by atomic mass is 16.5. The van der Waals surface area contributed by atoms with Crippen LogP contribution in [0.25, 0.3) is 10.8 Å². The maximum absolute atomic E-state index is 15.4. The number of fused-ring (bicyclic) bond motifs is 2. The van der Waals surface area contributed by atoms with E-state index in [2.05, 4.69) is 13.2 Å². The molecule has 3 aliphatic rings. The first kappa shape index (κ1) is 34.4. The van der Waals surface area contributed by atoms with Crippen LogP contribution in [0.15, 0.2) is 128 Å². The monoisotopic (exact) mass is 683 g/mol. The van der Waals surface area contributed by atoms with E-state index < -0.39 is 41.7 Å². The highest BCUT2D eigenvalue weighted by Crippen LogP contribution is 2.65. The van der Waals surface area contributed by atoms with Crippen molar-refractivity contribution in [3.8, 4) is 0 Å². The van der Waals surface area contributed by atoms with Crippen LogP contribution in [0, 0.1) is 11.8 Å². The van der Waals surface area contributed by atoms with Gasteiger partial charge < -0.3 is 24.5 Å². The Kier molecular flexibility index (Phi) is 9.40. The van der Waals surface area contributed by atoms with Gasteiger partial charge in [-0.2, -0.15) is 0 Å². The second-order valence-electron chi connectivity index (χ2n) is 13.9. The van der Waals surface area contributed by atoms with Crippen LogP contribution < -0.4 is 4.90 Å². The third-order valence-corrected chi connectivity index (χ3v) is 11.3. The molecule has 8 nitrogen and oxygen atoms in total. The van der Waals surface area contributed by atoms with E-state index in [4.69, 9.17) is 4.74 Å². The van der Waals surface area contributed by atoms with Gasteiger partial charge in [-0.05, 0) is 53.3 Å². The van der Waals surface area contributed by atoms with Crippen molar-refractivity contribution in [2.24, 2.45) is 11.8 Å². The van der Waals surface area contributed by atoms with Gasteiger partial charge in [0, 0.05) is 25.3 Å². The minimum Gasteiger partial charge on any atom is -0.394 e. The van der Waals surface area contributed by atoms with Gasteiger partial charge >= 0.3 is 0 Å². The quantitative estimate of drug-likeness (QED) is 0.164. The molecule has 3 aliphatic heterocycles. The lowest BCUT2D eigenvalue weighted by molar-refractivity contribution is -0.154. The number of carbonyl (C=O) groups excluding carboxylic acids is 3. The predicted molar refractivity (Wildman–Crippen MR) is 199 cm³/mol. The van der Waals surface area contributed by atoms with Crippen molar-refractivity contribution in [3.05, 3.63) is 140 Å². The van der Waals surface area contributed by atoms with Crippen molar-refractivity contribution >= 4 is 34.2 Å². The highest BCUT2D eigenvalue weighted by Gasteiger charge is 2.79. The SMILES string of the molecule is C=CCN(Cc1ccccc1)C(=O)[C@@H]1[C@H]2C(=O)N([C@H](CO)c3ccccc3)C(C(=O)N(CC=C)c3ccc4ccccc4c3)C23CC[C@@]1(CC)O3. The minimum atomic E-state index is -1.28. The van der Waals surface area contributed by atoms with Gasteiger partial charge in [0.15, 0.2) is 0 Å². The number of rotatable bonds is 13. The Labute approximate surface area is 299 Å². The molecule has 3 fully saturated rings. The molecule has 3 saturated heterocycles. The molecule has 4 aromatic carbocycles. The lowest BCUT2D eigenvalue weighted by atomic mass is 9.64. The molecule has 51 heavy (non-hydrogen) atoms. The van der Waals surface area contributed by atoms with Gasteiger partial charge in [-0.1, -0.05) is 110 Å². The Balaban J connectivity index is 1.36. The summed E-state index contributed by atoms with van der Waals surface area (Å²) >= 11 is 0. The molecule has 2 unspecified atom stereocenters. The molecular weight excluding hydrogens is 638 g/mol. The van der Waals surface area contributed by atoms with Crippen LogP contribution in [0.5, 0.6) is 0 Å². The third kappa shape index (κ3) is 5.67. The van der Waals surface area contributed by atoms with Crippen LogP contribution in [0.1, 0.15) is 43.4 Å². The van der Waals surface area contributed by atoms with Gasteiger partial charge in [-0.3, -0.25) is 14.4 Å². The highest BCUT2D eigenvalue weighted by molar-refractivity contribution is 6.06. The Hall–Kier alpha value is -5.05. The standard InChI is InChI=1S/C43H45N3O5/c1-4-25-44(28-30-15-9-7-10-16-30)39(48)36-37-40(49)46(35(29-47)32-18-11-8-12-19-32)38(43(37)24-23-42(36,6-3)51-43)41(50)45(26-5-2)34-22-21-31-17-13-14-20-33(31)27-34/h4-5,7-22,27,35-38,47H,1-2,6,23-26,28-29H2,3H3/t35-,36+,37+,38?,42-,43?/m1/s1. The molecular formula is C43H45N3O5. The number of nitrogens with zero attached hydrogens (tertiary/aromatic N) is 3. The normalized spacial score (nSPS) is 25.4. The maximum atomic E-state index is 15.4. The molecule has 1 N–H and O–H groups in total. The molecule has 1 spiro atoms. The van der Waals surface area contributed by atoms with E-state index in [0.29, 0.717) is 43.6 Å². The van der Waals surface area contributed by atoms with Crippen LogP contribution >= 0.6 is 0 Å². The number of aliphatic hydroxyl groups excluding tert-OH is 1. The van der Waals surface area contributed by atoms with E-state index in [-0.39, 0.29) is 24.3 Å². The average molecular weight is 684 g/mol. The van der Waals surface area contributed by atoms with Crippen LogP contribution in [0.3, 0.4) is 0 Å². The fourth-order valence-electron chi connectivity index (χ4n) is 9.01. The van der Waals surface area contributed by atoms with Crippen molar-refractivity contribution in [1.82, 2.24) is 9.80 Å². The molecule has 3 amide bonds. The van der Waals surface area contributed by atoms with Gasteiger partial charge in [0.2, 0.25) is 11.8 Å². The minimum absolute atomic E-state index is 0.189. The first-order chi connectivity index (χ1) is 24.8. The lowest BCUT2D eigenvalue weighted by Crippen LogP contribution is -2.57. The molecule has 0 saturated carbocycles. The number of likely N-dealkylation sites (tertiary alicyclic amines) is 1. The zero-order valence-corrected chi connectivity index (χ0v) is 29.1. The first-order valence-electron chi connectivity index (χ1n) is 17.8. The van der Waals surface area contributed by atoms with Crippen molar-refractivity contribution in [1.29, 1.82) is 0 Å². The summed E-state index contributed by atoms with van der Waals surface area (Å²) < 4.78 is 7.14. The number of amides is 3. The second kappa shape index (κ2) is 13.9. The van der Waals surface area contributed by atoms with E-state index in [0.717, 1.165) is 16.3 Å². The fraction of sp³-hybridized carbons (Fsp3) is 0.326. The largest absolute Gasteiger partial charge is 0.394 e. The van der Waals surface area contributed by atoms with Gasteiger partial charge in [-0.25, -0.2) is 0 Å². The summed E-state index contributed by atoms with van der Waals surface area (Å²) in [7, 11) is 0. The molecule has 4 aromatic rings. The Morgan fingerprint density at radius 1 is 0.902 bits per heavy atom. The molecule has 3 heterocycles. The van der Waals surface area contributed by atoms with Gasteiger partial charge in [0.05, 0.1) is 30.1 Å². The second-order valence-corrected chi connectivity index (χ2v) is 13.9. The van der Waals surface area contributed by atoms with E-state index >= 15 is 9.59 Å². The van der Waals surface area contributed by atoms with Gasteiger partial charge in [-0.15, -0.1) is 13.2 Å². The maximum Gasteiger partial charge on any atom is 0.253 e. The summed E-state index contributed by atoms with van der Waals surface area (Å²) in [4.78, 5) is 50.4. The lowest BCUT2D eigenvalue weighted by Gasteiger charge is -2.39. The van der Waals surface area contributed by atoms with Crippen LogP contribution in [0.2, 0.25) is 0 Å². The summed E-state index contributed by atoms with van der Waals surface area (Å²) in [6.45, 7) is 10.3. The van der Waals surface area contributed by atoms with Crippen molar-refractivity contribution in [2.75, 3.05) is 24.6 Å². The molecule has 262 valence electrons. The summed E-state index contributed by atoms with van der Waals surface area (Å²) in [6, 6.07) is 30.9.